The van der Waals surface area contributed by atoms with Gasteiger partial charge in [-0.15, -0.1) is 0 Å². The van der Waals surface area contributed by atoms with E-state index in [1.165, 1.54) is 0 Å². The Morgan fingerprint density at radius 1 is 1.19 bits per heavy atom. The molecule has 3 heterocycles. The van der Waals surface area contributed by atoms with E-state index in [1.807, 2.05) is 12.1 Å². The smallest absolute Gasteiger partial charge is 0.227 e. The van der Waals surface area contributed by atoms with E-state index in [-0.39, 0.29) is 11.8 Å². The van der Waals surface area contributed by atoms with Gasteiger partial charge in [-0.3, -0.25) is 4.79 Å². The molecular formula is C20H25N5O. The number of anilines is 1. The van der Waals surface area contributed by atoms with Gasteiger partial charge in [-0.2, -0.15) is 0 Å². The molecule has 0 unspecified atom stereocenters. The zero-order valence-electron chi connectivity index (χ0n) is 15.2. The molecule has 26 heavy (non-hydrogen) atoms. The minimum Gasteiger partial charge on any atom is -0.343 e. The number of aromatic nitrogens is 4. The van der Waals surface area contributed by atoms with Crippen molar-refractivity contribution in [1.82, 2.24) is 19.9 Å². The maximum atomic E-state index is 12.8. The fourth-order valence-corrected chi connectivity index (χ4v) is 3.96. The van der Waals surface area contributed by atoms with Gasteiger partial charge in [-0.1, -0.05) is 13.8 Å². The third-order valence-corrected chi connectivity index (χ3v) is 5.63. The van der Waals surface area contributed by atoms with Gasteiger partial charge in [0.15, 0.2) is 5.82 Å². The minimum atomic E-state index is 0.108. The first kappa shape index (κ1) is 16.8. The molecule has 0 radical (unpaired) electrons. The highest BCUT2D eigenvalue weighted by molar-refractivity contribution is 6.02. The van der Waals surface area contributed by atoms with E-state index in [1.54, 1.807) is 18.6 Å². The first-order chi connectivity index (χ1) is 12.6. The average molecular weight is 351 g/mol. The Kier molecular flexibility index (Phi) is 4.49. The summed E-state index contributed by atoms with van der Waals surface area (Å²) < 4.78 is 0. The standard InChI is InChI=1S/C20H25N5O/c1-12(2)13-3-5-14(6-4-13)20(26)25-16-7-8-21-18-15(16)11-17(24-18)19-22-9-10-23-19/h7-14H,3-6H2,1-2H3,(H,22,23)(H2,21,24,25,26). The van der Waals surface area contributed by atoms with Gasteiger partial charge in [0.05, 0.1) is 11.4 Å². The fraction of sp³-hybridized carbons (Fsp3) is 0.450. The van der Waals surface area contributed by atoms with Crippen LogP contribution in [-0.2, 0) is 4.79 Å². The van der Waals surface area contributed by atoms with Gasteiger partial charge >= 0.3 is 0 Å². The predicted octanol–water partition coefficient (Wildman–Crippen LogP) is 4.35. The Balaban J connectivity index is 1.51. The normalized spacial score (nSPS) is 20.6. The van der Waals surface area contributed by atoms with E-state index in [9.17, 15) is 4.79 Å². The number of hydrogen-bond donors (Lipinski definition) is 3. The molecule has 6 heteroatoms. The number of aromatic amines is 2. The molecule has 1 aliphatic rings. The Hall–Kier alpha value is -2.63. The Morgan fingerprint density at radius 2 is 2.00 bits per heavy atom. The van der Waals surface area contributed by atoms with E-state index in [2.05, 4.69) is 39.1 Å². The van der Waals surface area contributed by atoms with Crippen LogP contribution in [0.5, 0.6) is 0 Å². The third kappa shape index (κ3) is 3.23. The van der Waals surface area contributed by atoms with Crippen LogP contribution < -0.4 is 5.32 Å². The molecule has 1 aliphatic carbocycles. The summed E-state index contributed by atoms with van der Waals surface area (Å²) in [6.07, 6.45) is 9.47. The van der Waals surface area contributed by atoms with Gasteiger partial charge in [0, 0.05) is 29.9 Å². The maximum Gasteiger partial charge on any atom is 0.227 e. The van der Waals surface area contributed by atoms with Crippen LogP contribution in [0.1, 0.15) is 39.5 Å². The lowest BCUT2D eigenvalue weighted by Gasteiger charge is -2.30. The average Bonchev–Trinajstić information content (AvgIpc) is 3.31. The highest BCUT2D eigenvalue weighted by Crippen LogP contribution is 2.34. The van der Waals surface area contributed by atoms with Crippen LogP contribution in [0.2, 0.25) is 0 Å². The molecule has 6 nitrogen and oxygen atoms in total. The number of carbonyl (C=O) groups excluding carboxylic acids is 1. The van der Waals surface area contributed by atoms with Crippen LogP contribution in [-0.4, -0.2) is 25.8 Å². The van der Waals surface area contributed by atoms with E-state index >= 15 is 0 Å². The number of rotatable bonds is 4. The lowest BCUT2D eigenvalue weighted by molar-refractivity contribution is -0.121. The topological polar surface area (TPSA) is 86.5 Å². The van der Waals surface area contributed by atoms with Gasteiger partial charge in [0.25, 0.3) is 0 Å². The quantitative estimate of drug-likeness (QED) is 0.653. The lowest BCUT2D eigenvalue weighted by Crippen LogP contribution is -2.28. The van der Waals surface area contributed by atoms with E-state index in [4.69, 9.17) is 0 Å². The Morgan fingerprint density at radius 3 is 2.69 bits per heavy atom. The molecule has 3 aromatic rings. The van der Waals surface area contributed by atoms with Crippen LogP contribution in [0.25, 0.3) is 22.6 Å². The Labute approximate surface area is 152 Å². The Bertz CT molecular complexity index is 888. The second kappa shape index (κ2) is 6.94. The van der Waals surface area contributed by atoms with Crippen LogP contribution in [0, 0.1) is 17.8 Å². The molecule has 0 bridgehead atoms. The van der Waals surface area contributed by atoms with Crippen LogP contribution in [0.4, 0.5) is 5.69 Å². The highest BCUT2D eigenvalue weighted by atomic mass is 16.1. The largest absolute Gasteiger partial charge is 0.343 e. The van der Waals surface area contributed by atoms with Crippen molar-refractivity contribution in [2.75, 3.05) is 5.32 Å². The summed E-state index contributed by atoms with van der Waals surface area (Å²) in [4.78, 5) is 27.7. The molecular weight excluding hydrogens is 326 g/mol. The van der Waals surface area contributed by atoms with Crippen molar-refractivity contribution in [3.8, 4) is 11.5 Å². The number of pyridine rings is 1. The van der Waals surface area contributed by atoms with Crippen molar-refractivity contribution in [2.24, 2.45) is 17.8 Å². The number of hydrogen-bond acceptors (Lipinski definition) is 3. The predicted molar refractivity (Wildman–Crippen MR) is 103 cm³/mol. The summed E-state index contributed by atoms with van der Waals surface area (Å²) in [5.41, 5.74) is 2.41. The fourth-order valence-electron chi connectivity index (χ4n) is 3.96. The third-order valence-electron chi connectivity index (χ3n) is 5.63. The first-order valence-corrected chi connectivity index (χ1v) is 9.40. The lowest BCUT2D eigenvalue weighted by atomic mass is 9.76. The molecule has 0 aliphatic heterocycles. The van der Waals surface area contributed by atoms with Crippen LogP contribution in [0.15, 0.2) is 30.7 Å². The second-order valence-electron chi connectivity index (χ2n) is 7.59. The van der Waals surface area contributed by atoms with Gasteiger partial charge in [-0.25, -0.2) is 9.97 Å². The summed E-state index contributed by atoms with van der Waals surface area (Å²) in [7, 11) is 0. The van der Waals surface area contributed by atoms with Gasteiger partial charge in [0.2, 0.25) is 5.91 Å². The van der Waals surface area contributed by atoms with Crippen LogP contribution in [0.3, 0.4) is 0 Å². The molecule has 136 valence electrons. The van der Waals surface area contributed by atoms with E-state index in [0.717, 1.165) is 59.8 Å². The maximum absolute atomic E-state index is 12.8. The first-order valence-electron chi connectivity index (χ1n) is 9.40. The number of nitrogens with zero attached hydrogens (tertiary/aromatic N) is 2. The monoisotopic (exact) mass is 351 g/mol. The number of H-pyrrole nitrogens is 2. The number of carbonyl (C=O) groups is 1. The van der Waals surface area contributed by atoms with Gasteiger partial charge in [0.1, 0.15) is 5.65 Å². The summed E-state index contributed by atoms with van der Waals surface area (Å²) in [6, 6.07) is 3.84. The van der Waals surface area contributed by atoms with Crippen molar-refractivity contribution < 1.29 is 4.79 Å². The SMILES string of the molecule is CC(C)C1CCC(C(=O)Nc2ccnc3[nH]c(-c4ncc[nH]4)cc23)CC1. The van der Waals surface area contributed by atoms with E-state index in [0.29, 0.717) is 5.92 Å². The number of nitrogens with one attached hydrogen (secondary N) is 3. The van der Waals surface area contributed by atoms with Crippen molar-refractivity contribution in [2.45, 2.75) is 39.5 Å². The summed E-state index contributed by atoms with van der Waals surface area (Å²) >= 11 is 0. The zero-order valence-corrected chi connectivity index (χ0v) is 15.2. The van der Waals surface area contributed by atoms with Crippen molar-refractivity contribution in [1.29, 1.82) is 0 Å². The molecule has 4 rings (SSSR count). The molecule has 0 saturated heterocycles. The molecule has 0 aromatic carbocycles. The summed E-state index contributed by atoms with van der Waals surface area (Å²) in [6.45, 7) is 4.56. The van der Waals surface area contributed by atoms with Crippen LogP contribution >= 0.6 is 0 Å². The molecule has 0 spiro atoms. The molecule has 1 saturated carbocycles. The molecule has 1 amide bonds. The van der Waals surface area contributed by atoms with Crippen molar-refractivity contribution in [3.63, 3.8) is 0 Å². The van der Waals surface area contributed by atoms with Gasteiger partial charge in [-0.05, 0) is 49.7 Å². The summed E-state index contributed by atoms with van der Waals surface area (Å²) in [5.74, 6) is 2.45. The molecule has 0 atom stereocenters. The number of amides is 1. The number of fused-ring (bicyclic) bond motifs is 1. The minimum absolute atomic E-state index is 0.108. The summed E-state index contributed by atoms with van der Waals surface area (Å²) in [5, 5.41) is 4.03. The molecule has 3 N–H and O–H groups in total. The second-order valence-corrected chi connectivity index (χ2v) is 7.59. The molecule has 1 fully saturated rings. The van der Waals surface area contributed by atoms with Gasteiger partial charge < -0.3 is 15.3 Å². The zero-order chi connectivity index (χ0) is 18.1. The highest BCUT2D eigenvalue weighted by Gasteiger charge is 2.28. The van der Waals surface area contributed by atoms with Crippen molar-refractivity contribution in [3.05, 3.63) is 30.7 Å². The van der Waals surface area contributed by atoms with E-state index < -0.39 is 0 Å². The molecule has 3 aromatic heterocycles. The van der Waals surface area contributed by atoms with Crippen molar-refractivity contribution >= 4 is 22.6 Å². The number of imidazole rings is 1.